The molecule has 1 aromatic carbocycles. The van der Waals surface area contributed by atoms with E-state index in [-0.39, 0.29) is 0 Å². The summed E-state index contributed by atoms with van der Waals surface area (Å²) >= 11 is 0. The smallest absolute Gasteiger partial charge is 0.130 e. The molecule has 3 nitrogen and oxygen atoms in total. The van der Waals surface area contributed by atoms with E-state index in [1.54, 1.807) is 12.5 Å². The lowest BCUT2D eigenvalue weighted by Gasteiger charge is -2.19. The van der Waals surface area contributed by atoms with E-state index in [1.165, 1.54) is 0 Å². The fourth-order valence-corrected chi connectivity index (χ4v) is 1.96. The fraction of sp³-hybridized carbons (Fsp3) is 0.300. The van der Waals surface area contributed by atoms with Crippen LogP contribution in [0.1, 0.15) is 11.6 Å². The van der Waals surface area contributed by atoms with Crippen LogP contribution in [0.5, 0.6) is 0 Å². The highest BCUT2D eigenvalue weighted by molar-refractivity contribution is 7.99. The molecule has 0 aliphatic carbocycles. The predicted molar refractivity (Wildman–Crippen MR) is 59.3 cm³/mol. The van der Waals surface area contributed by atoms with E-state index in [1.807, 2.05) is 30.3 Å². The van der Waals surface area contributed by atoms with Crippen LogP contribution in [-0.4, -0.2) is 16.7 Å². The molecule has 1 aromatic rings. The second kappa shape index (κ2) is 4.36. The number of nitrogens with one attached hydrogen (secondary N) is 1. The lowest BCUT2D eigenvalue weighted by atomic mass is 10.1. The Morgan fingerprint density at radius 3 is 2.36 bits per heavy atom. The summed E-state index contributed by atoms with van der Waals surface area (Å²) < 4.78 is 14.3. The minimum absolute atomic E-state index is 0.489. The molecule has 0 radical (unpaired) electrons. The third-order valence-corrected chi connectivity index (χ3v) is 2.58. The average Bonchev–Trinajstić information content (AvgIpc) is 2.14. The highest BCUT2D eigenvalue weighted by Crippen LogP contribution is 2.12. The minimum Gasteiger partial charge on any atom is -0.272 e. The van der Waals surface area contributed by atoms with Gasteiger partial charge in [0, 0.05) is 12.5 Å². The standard InChI is InChI=1S/C10H14N2OS/c1-14(2,13)12-10(8-11)9-6-4-3-5-7-9/h3-7,10,14H,1-2H3,(H,12,13). The normalized spacial score (nSPS) is 14.4. The molecule has 76 valence electrons. The van der Waals surface area contributed by atoms with E-state index in [0.717, 1.165) is 5.56 Å². The summed E-state index contributed by atoms with van der Waals surface area (Å²) in [5.41, 5.74) is 0.846. The van der Waals surface area contributed by atoms with Crippen molar-refractivity contribution < 1.29 is 4.21 Å². The molecule has 1 atom stereocenters. The Bertz CT molecular complexity index is 377. The first-order valence-corrected chi connectivity index (χ1v) is 6.90. The van der Waals surface area contributed by atoms with E-state index < -0.39 is 16.2 Å². The zero-order valence-corrected chi connectivity index (χ0v) is 9.16. The minimum atomic E-state index is -2.38. The van der Waals surface area contributed by atoms with E-state index >= 15 is 0 Å². The number of benzene rings is 1. The molecule has 0 aromatic heterocycles. The molecule has 0 heterocycles. The molecule has 0 fully saturated rings. The summed E-state index contributed by atoms with van der Waals surface area (Å²) in [5, 5.41) is 8.91. The third kappa shape index (κ3) is 3.29. The van der Waals surface area contributed by atoms with Crippen LogP contribution in [0.25, 0.3) is 0 Å². The van der Waals surface area contributed by atoms with Gasteiger partial charge in [-0.2, -0.15) is 5.26 Å². The largest absolute Gasteiger partial charge is 0.272 e. The van der Waals surface area contributed by atoms with Crippen molar-refractivity contribution >= 4 is 10.1 Å². The summed E-state index contributed by atoms with van der Waals surface area (Å²) in [5.74, 6) is 0. The Morgan fingerprint density at radius 1 is 1.36 bits per heavy atom. The number of thiol groups is 1. The Morgan fingerprint density at radius 2 is 1.93 bits per heavy atom. The van der Waals surface area contributed by atoms with Crippen LogP contribution >= 0.6 is 0 Å². The van der Waals surface area contributed by atoms with Crippen molar-refractivity contribution in [2.75, 3.05) is 12.5 Å². The van der Waals surface area contributed by atoms with Gasteiger partial charge in [-0.05, 0) is 5.56 Å². The van der Waals surface area contributed by atoms with Gasteiger partial charge in [0.05, 0.1) is 6.07 Å². The Hall–Kier alpha value is -1.18. The number of nitriles is 1. The summed E-state index contributed by atoms with van der Waals surface area (Å²) in [6.07, 6.45) is 3.22. The van der Waals surface area contributed by atoms with Crippen molar-refractivity contribution in [1.82, 2.24) is 4.72 Å². The highest BCUT2D eigenvalue weighted by Gasteiger charge is 2.12. The van der Waals surface area contributed by atoms with Gasteiger partial charge in [0.15, 0.2) is 0 Å². The lowest BCUT2D eigenvalue weighted by Crippen LogP contribution is -2.31. The Labute approximate surface area is 85.3 Å². The van der Waals surface area contributed by atoms with Crippen molar-refractivity contribution in [1.29, 1.82) is 5.26 Å². The topological polar surface area (TPSA) is 52.9 Å². The zero-order valence-electron chi connectivity index (χ0n) is 8.27. The molecule has 0 aliphatic heterocycles. The van der Waals surface area contributed by atoms with Crippen molar-refractivity contribution in [2.45, 2.75) is 6.04 Å². The molecule has 4 heteroatoms. The first kappa shape index (κ1) is 10.9. The second-order valence-corrected chi connectivity index (χ2v) is 6.41. The van der Waals surface area contributed by atoms with E-state index in [4.69, 9.17) is 5.26 Å². The molecule has 0 spiro atoms. The van der Waals surface area contributed by atoms with Crippen LogP contribution in [-0.2, 0) is 10.1 Å². The molecule has 0 bridgehead atoms. The van der Waals surface area contributed by atoms with E-state index in [0.29, 0.717) is 0 Å². The summed E-state index contributed by atoms with van der Waals surface area (Å²) in [6, 6.07) is 10.9. The van der Waals surface area contributed by atoms with Gasteiger partial charge < -0.3 is 0 Å². The Kier molecular flexibility index (Phi) is 3.39. The summed E-state index contributed by atoms with van der Waals surface area (Å²) in [6.45, 7) is 0. The summed E-state index contributed by atoms with van der Waals surface area (Å²) in [7, 11) is -2.38. The number of hydrogen-bond donors (Lipinski definition) is 2. The van der Waals surface area contributed by atoms with Crippen LogP contribution in [0.3, 0.4) is 0 Å². The number of nitrogens with zero attached hydrogens (tertiary/aromatic N) is 1. The number of hydrogen-bond acceptors (Lipinski definition) is 2. The molecule has 0 amide bonds. The molecule has 0 saturated heterocycles. The quantitative estimate of drug-likeness (QED) is 0.732. The molecular weight excluding hydrogens is 196 g/mol. The molecule has 0 saturated carbocycles. The number of rotatable bonds is 3. The second-order valence-electron chi connectivity index (χ2n) is 3.45. The van der Waals surface area contributed by atoms with Crippen molar-refractivity contribution in [3.05, 3.63) is 35.9 Å². The van der Waals surface area contributed by atoms with Gasteiger partial charge in [-0.15, -0.1) is 0 Å². The maximum atomic E-state index is 11.5. The molecule has 1 rings (SSSR count). The van der Waals surface area contributed by atoms with Crippen LogP contribution < -0.4 is 4.72 Å². The SMILES string of the molecule is C[SH](C)(=O)NC(C#N)c1ccccc1. The monoisotopic (exact) mass is 210 g/mol. The van der Waals surface area contributed by atoms with Crippen LogP contribution in [0.2, 0.25) is 0 Å². The van der Waals surface area contributed by atoms with Crippen LogP contribution in [0.4, 0.5) is 0 Å². The van der Waals surface area contributed by atoms with E-state index in [2.05, 4.69) is 10.8 Å². The van der Waals surface area contributed by atoms with Crippen molar-refractivity contribution in [3.63, 3.8) is 0 Å². The van der Waals surface area contributed by atoms with E-state index in [9.17, 15) is 4.21 Å². The van der Waals surface area contributed by atoms with Crippen LogP contribution in [0, 0.1) is 11.3 Å². The van der Waals surface area contributed by atoms with Crippen LogP contribution in [0.15, 0.2) is 30.3 Å². The average molecular weight is 210 g/mol. The van der Waals surface area contributed by atoms with Gasteiger partial charge >= 0.3 is 0 Å². The molecule has 14 heavy (non-hydrogen) atoms. The van der Waals surface area contributed by atoms with Crippen molar-refractivity contribution in [3.8, 4) is 6.07 Å². The fourth-order valence-electron chi connectivity index (χ4n) is 1.13. The van der Waals surface area contributed by atoms with Gasteiger partial charge in [-0.1, -0.05) is 40.5 Å². The molecule has 0 aliphatic rings. The van der Waals surface area contributed by atoms with Gasteiger partial charge in [-0.25, -0.2) is 4.72 Å². The maximum absolute atomic E-state index is 11.5. The summed E-state index contributed by atoms with van der Waals surface area (Å²) in [4.78, 5) is 0. The maximum Gasteiger partial charge on any atom is 0.130 e. The Balaban J connectivity index is 2.85. The van der Waals surface area contributed by atoms with Crippen molar-refractivity contribution in [2.24, 2.45) is 0 Å². The zero-order chi connectivity index (χ0) is 10.6. The molecule has 1 N–H and O–H groups in total. The first-order chi connectivity index (χ1) is 6.53. The van der Waals surface area contributed by atoms with Gasteiger partial charge in [0.2, 0.25) is 0 Å². The highest BCUT2D eigenvalue weighted by atomic mass is 32.3. The lowest BCUT2D eigenvalue weighted by molar-refractivity contribution is 0.659. The first-order valence-electron chi connectivity index (χ1n) is 4.30. The van der Waals surface area contributed by atoms with Gasteiger partial charge in [0.1, 0.15) is 6.04 Å². The predicted octanol–water partition coefficient (Wildman–Crippen LogP) is 1.03. The molecule has 1 unspecified atom stereocenters. The van der Waals surface area contributed by atoms with Gasteiger partial charge in [-0.3, -0.25) is 4.21 Å². The van der Waals surface area contributed by atoms with Gasteiger partial charge in [0.25, 0.3) is 0 Å². The third-order valence-electron chi connectivity index (χ3n) is 1.70. The molecular formula is C10H14N2OS.